The molecule has 0 aromatic heterocycles. The minimum atomic E-state index is -0.733. The molecule has 0 fully saturated rings. The van der Waals surface area contributed by atoms with Crippen LogP contribution >= 0.6 is 23.2 Å². The fourth-order valence-electron chi connectivity index (χ4n) is 2.90. The minimum absolute atomic E-state index is 0.106. The molecule has 2 aromatic carbocycles. The third-order valence-electron chi connectivity index (χ3n) is 4.06. The van der Waals surface area contributed by atoms with Gasteiger partial charge in [0.15, 0.2) is 6.10 Å². The van der Waals surface area contributed by atoms with E-state index in [9.17, 15) is 14.9 Å². The van der Waals surface area contributed by atoms with Crippen LogP contribution in [0.1, 0.15) is 10.4 Å². The Balaban J connectivity index is 1.79. The van der Waals surface area contributed by atoms with Gasteiger partial charge in [0.05, 0.1) is 16.2 Å². The highest BCUT2D eigenvalue weighted by atomic mass is 35.5. The predicted molar refractivity (Wildman–Crippen MR) is 94.8 cm³/mol. The zero-order chi connectivity index (χ0) is 18.4. The van der Waals surface area contributed by atoms with Crippen LogP contribution in [0, 0.1) is 10.1 Å². The summed E-state index contributed by atoms with van der Waals surface area (Å²) >= 11 is 12.3. The summed E-state index contributed by atoms with van der Waals surface area (Å²) in [5.74, 6) is -0.0680. The third kappa shape index (κ3) is 2.65. The van der Waals surface area contributed by atoms with Gasteiger partial charge in [-0.25, -0.2) is 0 Å². The number of nitrogens with zero attached hydrogens (tertiary/aromatic N) is 2. The Labute approximate surface area is 157 Å². The van der Waals surface area contributed by atoms with E-state index in [0.717, 1.165) is 0 Å². The molecular weight excluding hydrogens is 383 g/mol. The average Bonchev–Trinajstić information content (AvgIpc) is 3.07. The van der Waals surface area contributed by atoms with Crippen molar-refractivity contribution < 1.29 is 19.2 Å². The first-order chi connectivity index (χ1) is 12.5. The SMILES string of the molecule is O=C(c1ccc([N+](=O)[O-])cc1)N1c2c(Cl)cc(Cl)cc2OC2C=COC21. The summed E-state index contributed by atoms with van der Waals surface area (Å²) in [4.78, 5) is 24.8. The second kappa shape index (κ2) is 6.19. The number of carbonyl (C=O) groups excluding carboxylic acids is 1. The first-order valence-corrected chi connectivity index (χ1v) is 8.27. The molecule has 0 bridgehead atoms. The Hall–Kier alpha value is -2.77. The maximum atomic E-state index is 13.1. The number of amides is 1. The van der Waals surface area contributed by atoms with Gasteiger partial charge in [0.2, 0.25) is 6.23 Å². The van der Waals surface area contributed by atoms with Gasteiger partial charge in [-0.15, -0.1) is 0 Å². The summed E-state index contributed by atoms with van der Waals surface area (Å²) in [6.45, 7) is 0. The molecule has 2 aliphatic heterocycles. The number of hydrogen-bond donors (Lipinski definition) is 0. The first kappa shape index (κ1) is 16.7. The summed E-state index contributed by atoms with van der Waals surface area (Å²) < 4.78 is 11.3. The topological polar surface area (TPSA) is 81.9 Å². The van der Waals surface area contributed by atoms with E-state index in [2.05, 4.69) is 0 Å². The van der Waals surface area contributed by atoms with E-state index in [1.807, 2.05) is 0 Å². The van der Waals surface area contributed by atoms with Crippen LogP contribution in [0.2, 0.25) is 10.0 Å². The molecule has 0 radical (unpaired) electrons. The molecule has 0 aliphatic carbocycles. The van der Waals surface area contributed by atoms with E-state index in [4.69, 9.17) is 32.7 Å². The van der Waals surface area contributed by atoms with Gasteiger partial charge < -0.3 is 9.47 Å². The zero-order valence-electron chi connectivity index (χ0n) is 13.0. The van der Waals surface area contributed by atoms with Gasteiger partial charge in [-0.05, 0) is 24.3 Å². The quantitative estimate of drug-likeness (QED) is 0.565. The second-order valence-corrected chi connectivity index (χ2v) is 6.49. The van der Waals surface area contributed by atoms with Crippen LogP contribution in [0.15, 0.2) is 48.7 Å². The number of halogens is 2. The molecule has 0 N–H and O–H groups in total. The van der Waals surface area contributed by atoms with Crippen molar-refractivity contribution in [1.29, 1.82) is 0 Å². The van der Waals surface area contributed by atoms with Crippen molar-refractivity contribution in [1.82, 2.24) is 0 Å². The van der Waals surface area contributed by atoms with Crippen molar-refractivity contribution in [3.63, 3.8) is 0 Å². The van der Waals surface area contributed by atoms with E-state index in [1.54, 1.807) is 12.1 Å². The maximum Gasteiger partial charge on any atom is 0.269 e. The van der Waals surface area contributed by atoms with Crippen molar-refractivity contribution >= 4 is 40.5 Å². The number of benzene rings is 2. The summed E-state index contributed by atoms with van der Waals surface area (Å²) in [6, 6.07) is 8.38. The van der Waals surface area contributed by atoms with Crippen LogP contribution < -0.4 is 9.64 Å². The molecule has 132 valence electrons. The van der Waals surface area contributed by atoms with Crippen LogP contribution in [0.3, 0.4) is 0 Å². The Kier molecular flexibility index (Phi) is 3.97. The molecule has 0 saturated carbocycles. The predicted octanol–water partition coefficient (Wildman–Crippen LogP) is 4.18. The molecule has 2 heterocycles. The van der Waals surface area contributed by atoms with Crippen LogP contribution in [-0.2, 0) is 4.74 Å². The van der Waals surface area contributed by atoms with Crippen molar-refractivity contribution in [2.45, 2.75) is 12.3 Å². The monoisotopic (exact) mass is 392 g/mol. The molecule has 2 aliphatic rings. The molecule has 2 aromatic rings. The van der Waals surface area contributed by atoms with Crippen LogP contribution in [-0.4, -0.2) is 23.2 Å². The molecule has 9 heteroatoms. The molecule has 7 nitrogen and oxygen atoms in total. The van der Waals surface area contributed by atoms with Gasteiger partial charge in [0.1, 0.15) is 11.4 Å². The number of ether oxygens (including phenoxy) is 2. The zero-order valence-corrected chi connectivity index (χ0v) is 14.5. The molecule has 2 unspecified atom stereocenters. The highest BCUT2D eigenvalue weighted by Gasteiger charge is 2.43. The lowest BCUT2D eigenvalue weighted by Gasteiger charge is -2.38. The third-order valence-corrected chi connectivity index (χ3v) is 4.57. The Morgan fingerprint density at radius 1 is 1.19 bits per heavy atom. The number of nitro groups is 1. The van der Waals surface area contributed by atoms with Crippen molar-refractivity contribution in [3.05, 3.63) is 74.5 Å². The Bertz CT molecular complexity index is 945. The normalized spacial score (nSPS) is 20.0. The van der Waals surface area contributed by atoms with Gasteiger partial charge in [-0.3, -0.25) is 19.8 Å². The number of carbonyl (C=O) groups is 1. The van der Waals surface area contributed by atoms with Crippen molar-refractivity contribution in [3.8, 4) is 5.75 Å². The van der Waals surface area contributed by atoms with Gasteiger partial charge >= 0.3 is 0 Å². The van der Waals surface area contributed by atoms with E-state index in [1.165, 1.54) is 41.5 Å². The number of anilines is 1. The van der Waals surface area contributed by atoms with E-state index in [0.29, 0.717) is 16.5 Å². The Morgan fingerprint density at radius 2 is 1.92 bits per heavy atom. The maximum absolute atomic E-state index is 13.1. The summed E-state index contributed by atoms with van der Waals surface area (Å²) in [6.07, 6.45) is 1.88. The van der Waals surface area contributed by atoms with Crippen molar-refractivity contribution in [2.75, 3.05) is 4.90 Å². The number of non-ortho nitro benzene ring substituents is 1. The molecule has 26 heavy (non-hydrogen) atoms. The van der Waals surface area contributed by atoms with Crippen LogP contribution in [0.5, 0.6) is 5.75 Å². The summed E-state index contributed by atoms with van der Waals surface area (Å²) in [5, 5.41) is 11.4. The van der Waals surface area contributed by atoms with Gasteiger partial charge in [0, 0.05) is 28.8 Å². The minimum Gasteiger partial charge on any atom is -0.478 e. The number of rotatable bonds is 2. The molecule has 1 amide bonds. The fraction of sp³-hybridized carbons (Fsp3) is 0.118. The first-order valence-electron chi connectivity index (χ1n) is 7.51. The van der Waals surface area contributed by atoms with E-state index >= 15 is 0 Å². The van der Waals surface area contributed by atoms with Crippen LogP contribution in [0.25, 0.3) is 0 Å². The molecule has 4 rings (SSSR count). The van der Waals surface area contributed by atoms with E-state index in [-0.39, 0.29) is 16.3 Å². The standard InChI is InChI=1S/C17H10Cl2N2O5/c18-10-7-12(19)15-14(8-10)26-13-5-6-25-17(13)20(15)16(22)9-1-3-11(4-2-9)21(23)24/h1-8,13,17H. The lowest BCUT2D eigenvalue weighted by molar-refractivity contribution is -0.384. The van der Waals surface area contributed by atoms with E-state index < -0.39 is 23.2 Å². The lowest BCUT2D eigenvalue weighted by atomic mass is 10.1. The lowest BCUT2D eigenvalue weighted by Crippen LogP contribution is -2.51. The summed E-state index contributed by atoms with van der Waals surface area (Å²) in [7, 11) is 0. The smallest absolute Gasteiger partial charge is 0.269 e. The largest absolute Gasteiger partial charge is 0.478 e. The number of fused-ring (bicyclic) bond motifs is 2. The Morgan fingerprint density at radius 3 is 2.62 bits per heavy atom. The number of nitro benzene ring substituents is 1. The van der Waals surface area contributed by atoms with Crippen molar-refractivity contribution in [2.24, 2.45) is 0 Å². The van der Waals surface area contributed by atoms with Gasteiger partial charge in [-0.1, -0.05) is 23.2 Å². The molecule has 0 spiro atoms. The highest BCUT2D eigenvalue weighted by Crippen LogP contribution is 2.45. The van der Waals surface area contributed by atoms with Gasteiger partial charge in [0.25, 0.3) is 11.6 Å². The highest BCUT2D eigenvalue weighted by molar-refractivity contribution is 6.37. The summed E-state index contributed by atoms with van der Waals surface area (Å²) in [5.41, 5.74) is 0.485. The van der Waals surface area contributed by atoms with Crippen LogP contribution in [0.4, 0.5) is 11.4 Å². The van der Waals surface area contributed by atoms with Gasteiger partial charge in [-0.2, -0.15) is 0 Å². The fourth-order valence-corrected chi connectivity index (χ4v) is 3.47. The second-order valence-electron chi connectivity index (χ2n) is 5.65. The molecule has 0 saturated heterocycles. The molecule has 2 atom stereocenters. The number of hydrogen-bond acceptors (Lipinski definition) is 5. The molecular formula is C17H10Cl2N2O5. The average molecular weight is 393 g/mol.